The largest absolute Gasteiger partial charge is 0.508 e. The van der Waals surface area contributed by atoms with Crippen LogP contribution in [0.5, 0.6) is 23.0 Å². The molecule has 3 N–H and O–H groups in total. The molecule has 0 saturated carbocycles. The summed E-state index contributed by atoms with van der Waals surface area (Å²) in [7, 11) is 0. The lowest BCUT2D eigenvalue weighted by Gasteiger charge is -2.13. The summed E-state index contributed by atoms with van der Waals surface area (Å²) in [5.74, 6) is 0.555. The van der Waals surface area contributed by atoms with E-state index in [0.717, 1.165) is 5.56 Å². The molecule has 0 aliphatic carbocycles. The molecule has 3 aromatic rings. The highest BCUT2D eigenvalue weighted by Gasteiger charge is 2.14. The fraction of sp³-hybridized carbons (Fsp3) is 0.130. The number of carbonyl (C=O) groups excluding carboxylic acids is 1. The predicted octanol–water partition coefficient (Wildman–Crippen LogP) is 3.59. The Balaban J connectivity index is 1.48. The lowest BCUT2D eigenvalue weighted by molar-refractivity contribution is -0.127. The van der Waals surface area contributed by atoms with Crippen molar-refractivity contribution in [3.8, 4) is 23.0 Å². The van der Waals surface area contributed by atoms with Crippen molar-refractivity contribution < 1.29 is 24.5 Å². The van der Waals surface area contributed by atoms with Crippen LogP contribution in [-0.2, 0) is 11.4 Å². The highest BCUT2D eigenvalue weighted by molar-refractivity contribution is 5.86. The van der Waals surface area contributed by atoms with E-state index >= 15 is 0 Å². The minimum absolute atomic E-state index is 0.0628. The van der Waals surface area contributed by atoms with Crippen LogP contribution in [0.25, 0.3) is 0 Å². The molecule has 1 amide bonds. The number of hydrazone groups is 1. The molecule has 1 atom stereocenters. The van der Waals surface area contributed by atoms with Gasteiger partial charge in [-0.1, -0.05) is 30.3 Å². The van der Waals surface area contributed by atoms with E-state index < -0.39 is 12.0 Å². The van der Waals surface area contributed by atoms with Gasteiger partial charge in [-0.2, -0.15) is 5.10 Å². The molecule has 0 aliphatic heterocycles. The molecule has 0 heterocycles. The summed E-state index contributed by atoms with van der Waals surface area (Å²) in [6.45, 7) is 2.07. The van der Waals surface area contributed by atoms with E-state index in [4.69, 9.17) is 9.47 Å². The smallest absolute Gasteiger partial charge is 0.280 e. The van der Waals surface area contributed by atoms with Crippen molar-refractivity contribution in [1.82, 2.24) is 5.43 Å². The van der Waals surface area contributed by atoms with Crippen LogP contribution in [0, 0.1) is 0 Å². The van der Waals surface area contributed by atoms with Crippen LogP contribution in [0.15, 0.2) is 77.9 Å². The summed E-state index contributed by atoms with van der Waals surface area (Å²) >= 11 is 0. The number of nitrogens with zero attached hydrogens (tertiary/aromatic N) is 1. The second-order valence-electron chi connectivity index (χ2n) is 6.48. The number of amides is 1. The van der Waals surface area contributed by atoms with Crippen LogP contribution in [0.1, 0.15) is 18.1 Å². The Morgan fingerprint density at radius 1 is 1.03 bits per heavy atom. The number of rotatable bonds is 8. The van der Waals surface area contributed by atoms with Gasteiger partial charge in [0.15, 0.2) is 6.10 Å². The van der Waals surface area contributed by atoms with Crippen LogP contribution in [-0.4, -0.2) is 28.4 Å². The molecule has 154 valence electrons. The second-order valence-corrected chi connectivity index (χ2v) is 6.48. The summed E-state index contributed by atoms with van der Waals surface area (Å²) in [5, 5.41) is 22.7. The molecule has 30 heavy (non-hydrogen) atoms. The average molecular weight is 406 g/mol. The monoisotopic (exact) mass is 406 g/mol. The fourth-order valence-electron chi connectivity index (χ4n) is 2.51. The average Bonchev–Trinajstić information content (AvgIpc) is 2.75. The molecule has 0 aromatic heterocycles. The first kappa shape index (κ1) is 20.7. The van der Waals surface area contributed by atoms with E-state index in [2.05, 4.69) is 10.5 Å². The zero-order valence-corrected chi connectivity index (χ0v) is 16.4. The second kappa shape index (κ2) is 9.97. The molecule has 0 radical (unpaired) electrons. The zero-order chi connectivity index (χ0) is 21.3. The Morgan fingerprint density at radius 3 is 2.43 bits per heavy atom. The molecular formula is C23H22N2O5. The van der Waals surface area contributed by atoms with Gasteiger partial charge in [0.25, 0.3) is 5.91 Å². The lowest BCUT2D eigenvalue weighted by Crippen LogP contribution is -2.33. The number of hydrogen-bond acceptors (Lipinski definition) is 6. The Kier molecular flexibility index (Phi) is 6.89. The number of hydrogen-bond donors (Lipinski definition) is 3. The van der Waals surface area contributed by atoms with Gasteiger partial charge in [-0.25, -0.2) is 5.43 Å². The number of carbonyl (C=O) groups is 1. The number of ether oxygens (including phenoxy) is 2. The standard InChI is InChI=1S/C23H22N2O5/c1-16(23(28)25-24-14-18-7-8-19(26)13-22(18)27)30-21-11-9-20(10-12-21)29-15-17-5-3-2-4-6-17/h2-14,16,26-27H,15H2,1H3,(H,25,28)/b24-14+. The van der Waals surface area contributed by atoms with Crippen molar-refractivity contribution in [1.29, 1.82) is 0 Å². The van der Waals surface area contributed by atoms with Crippen molar-refractivity contribution in [3.05, 3.63) is 83.9 Å². The maximum atomic E-state index is 12.1. The predicted molar refractivity (Wildman–Crippen MR) is 113 cm³/mol. The van der Waals surface area contributed by atoms with E-state index in [0.29, 0.717) is 23.7 Å². The van der Waals surface area contributed by atoms with Gasteiger partial charge in [-0.05, 0) is 48.9 Å². The van der Waals surface area contributed by atoms with Gasteiger partial charge in [-0.15, -0.1) is 0 Å². The Hall–Kier alpha value is -4.00. The van der Waals surface area contributed by atoms with Crippen molar-refractivity contribution >= 4 is 12.1 Å². The molecule has 3 rings (SSSR count). The summed E-state index contributed by atoms with van der Waals surface area (Å²) in [6.07, 6.45) is 0.491. The minimum atomic E-state index is -0.786. The Morgan fingerprint density at radius 2 is 1.73 bits per heavy atom. The molecular weight excluding hydrogens is 384 g/mol. The minimum Gasteiger partial charge on any atom is -0.508 e. The Labute approximate surface area is 174 Å². The first-order valence-electron chi connectivity index (χ1n) is 9.29. The SMILES string of the molecule is CC(Oc1ccc(OCc2ccccc2)cc1)C(=O)N/N=C/c1ccc(O)cc1O. The van der Waals surface area contributed by atoms with Crippen LogP contribution < -0.4 is 14.9 Å². The van der Waals surface area contributed by atoms with E-state index in [9.17, 15) is 15.0 Å². The molecule has 0 bridgehead atoms. The molecule has 0 aliphatic rings. The molecule has 1 unspecified atom stereocenters. The first-order valence-corrected chi connectivity index (χ1v) is 9.29. The molecule has 7 nitrogen and oxygen atoms in total. The zero-order valence-electron chi connectivity index (χ0n) is 16.4. The third kappa shape index (κ3) is 6.00. The molecule has 7 heteroatoms. The third-order valence-electron chi connectivity index (χ3n) is 4.15. The van der Waals surface area contributed by atoms with Gasteiger partial charge >= 0.3 is 0 Å². The summed E-state index contributed by atoms with van der Waals surface area (Å²) < 4.78 is 11.3. The van der Waals surface area contributed by atoms with Crippen LogP contribution in [0.4, 0.5) is 0 Å². The van der Waals surface area contributed by atoms with Gasteiger partial charge in [0, 0.05) is 11.6 Å². The third-order valence-corrected chi connectivity index (χ3v) is 4.15. The number of aromatic hydroxyl groups is 2. The van der Waals surface area contributed by atoms with E-state index in [1.54, 1.807) is 31.2 Å². The highest BCUT2D eigenvalue weighted by atomic mass is 16.5. The number of nitrogens with one attached hydrogen (secondary N) is 1. The van der Waals surface area contributed by atoms with Gasteiger partial charge in [0.05, 0.1) is 6.21 Å². The maximum absolute atomic E-state index is 12.1. The Bertz CT molecular complexity index is 1000. The van der Waals surface area contributed by atoms with Crippen molar-refractivity contribution in [2.45, 2.75) is 19.6 Å². The molecule has 3 aromatic carbocycles. The number of benzene rings is 3. The van der Waals surface area contributed by atoms with E-state index in [-0.39, 0.29) is 11.5 Å². The summed E-state index contributed by atoms with van der Waals surface area (Å²) in [5.41, 5.74) is 3.78. The van der Waals surface area contributed by atoms with Gasteiger partial charge in [0.2, 0.25) is 0 Å². The highest BCUT2D eigenvalue weighted by Crippen LogP contribution is 2.21. The quantitative estimate of drug-likeness (QED) is 0.392. The van der Waals surface area contributed by atoms with Crippen LogP contribution in [0.2, 0.25) is 0 Å². The number of phenolic OH excluding ortho intramolecular Hbond substituents is 2. The summed E-state index contributed by atoms with van der Waals surface area (Å²) in [4.78, 5) is 12.1. The molecule has 0 spiro atoms. The topological polar surface area (TPSA) is 100 Å². The van der Waals surface area contributed by atoms with Crippen molar-refractivity contribution in [2.75, 3.05) is 0 Å². The van der Waals surface area contributed by atoms with Crippen LogP contribution >= 0.6 is 0 Å². The molecule has 0 saturated heterocycles. The van der Waals surface area contributed by atoms with Gasteiger partial charge in [-0.3, -0.25) is 4.79 Å². The van der Waals surface area contributed by atoms with Gasteiger partial charge < -0.3 is 19.7 Å². The normalized spacial score (nSPS) is 11.8. The van der Waals surface area contributed by atoms with E-state index in [1.165, 1.54) is 24.4 Å². The first-order chi connectivity index (χ1) is 14.5. The van der Waals surface area contributed by atoms with E-state index in [1.807, 2.05) is 30.3 Å². The van der Waals surface area contributed by atoms with Gasteiger partial charge in [0.1, 0.15) is 29.6 Å². The summed E-state index contributed by atoms with van der Waals surface area (Å²) in [6, 6.07) is 20.9. The van der Waals surface area contributed by atoms with Crippen molar-refractivity contribution in [2.24, 2.45) is 5.10 Å². The van der Waals surface area contributed by atoms with Crippen LogP contribution in [0.3, 0.4) is 0 Å². The van der Waals surface area contributed by atoms with Crippen molar-refractivity contribution in [3.63, 3.8) is 0 Å². The maximum Gasteiger partial charge on any atom is 0.280 e. The fourth-order valence-corrected chi connectivity index (χ4v) is 2.51. The lowest BCUT2D eigenvalue weighted by atomic mass is 10.2. The number of phenols is 2. The molecule has 0 fully saturated rings.